The number of ether oxygens (including phenoxy) is 2. The van der Waals surface area contributed by atoms with Crippen molar-refractivity contribution in [2.45, 2.75) is 6.92 Å². The highest BCUT2D eigenvalue weighted by molar-refractivity contribution is 9.11. The van der Waals surface area contributed by atoms with Crippen molar-refractivity contribution in [3.8, 4) is 11.5 Å². The average Bonchev–Trinajstić information content (AvgIpc) is 2.70. The summed E-state index contributed by atoms with van der Waals surface area (Å²) in [6.45, 7) is 2.31. The highest BCUT2D eigenvalue weighted by Crippen LogP contribution is 2.32. The molecule has 0 aliphatic rings. The maximum absolute atomic E-state index is 12.1. The molecule has 3 rings (SSSR count). The van der Waals surface area contributed by atoms with Crippen LogP contribution in [0.1, 0.15) is 12.5 Å². The van der Waals surface area contributed by atoms with E-state index in [1.54, 1.807) is 6.21 Å². The van der Waals surface area contributed by atoms with Gasteiger partial charge < -0.3 is 9.47 Å². The second-order valence-electron chi connectivity index (χ2n) is 5.80. The summed E-state index contributed by atoms with van der Waals surface area (Å²) in [7, 11) is 0. The van der Waals surface area contributed by atoms with Gasteiger partial charge in [-0.15, -0.1) is 0 Å². The van der Waals surface area contributed by atoms with Crippen molar-refractivity contribution in [3.05, 3.63) is 69.1 Å². The molecule has 7 heteroatoms. The zero-order chi connectivity index (χ0) is 19.9. The molecule has 0 spiro atoms. The van der Waals surface area contributed by atoms with E-state index in [1.807, 2.05) is 61.5 Å². The molecule has 5 nitrogen and oxygen atoms in total. The second kappa shape index (κ2) is 9.71. The van der Waals surface area contributed by atoms with Crippen molar-refractivity contribution < 1.29 is 14.3 Å². The molecule has 0 saturated carbocycles. The van der Waals surface area contributed by atoms with Gasteiger partial charge in [-0.3, -0.25) is 4.79 Å². The molecule has 0 aliphatic heterocycles. The van der Waals surface area contributed by atoms with Gasteiger partial charge in [-0.05, 0) is 57.9 Å². The SMILES string of the molecule is CCOc1ccc(Br)cc1C=NNC(=O)COc1ccc2ccccc2c1Br. The fraction of sp³-hybridized carbons (Fsp3) is 0.143. The fourth-order valence-electron chi connectivity index (χ4n) is 2.58. The van der Waals surface area contributed by atoms with E-state index in [-0.39, 0.29) is 12.5 Å². The molecule has 0 atom stereocenters. The molecule has 3 aromatic carbocycles. The van der Waals surface area contributed by atoms with Crippen LogP contribution in [0.5, 0.6) is 11.5 Å². The van der Waals surface area contributed by atoms with Crippen LogP contribution in [0.15, 0.2) is 68.6 Å². The van der Waals surface area contributed by atoms with E-state index in [0.29, 0.717) is 18.1 Å². The van der Waals surface area contributed by atoms with Crippen molar-refractivity contribution in [1.82, 2.24) is 5.43 Å². The van der Waals surface area contributed by atoms with Crippen LogP contribution in [0.2, 0.25) is 0 Å². The van der Waals surface area contributed by atoms with Gasteiger partial charge in [0.15, 0.2) is 6.61 Å². The Hall–Kier alpha value is -2.38. The summed E-state index contributed by atoms with van der Waals surface area (Å²) in [5, 5.41) is 6.11. The molecule has 3 aromatic rings. The molecule has 1 amide bonds. The van der Waals surface area contributed by atoms with E-state index in [4.69, 9.17) is 9.47 Å². The first kappa shape index (κ1) is 20.4. The van der Waals surface area contributed by atoms with Crippen LogP contribution in [-0.4, -0.2) is 25.3 Å². The zero-order valence-electron chi connectivity index (χ0n) is 15.1. The van der Waals surface area contributed by atoms with Gasteiger partial charge in [0.2, 0.25) is 0 Å². The molecular formula is C21H18Br2N2O3. The molecule has 0 fully saturated rings. The van der Waals surface area contributed by atoms with Crippen LogP contribution in [0.25, 0.3) is 10.8 Å². The van der Waals surface area contributed by atoms with E-state index in [2.05, 4.69) is 42.4 Å². The predicted octanol–water partition coefficient (Wildman–Crippen LogP) is 5.29. The number of nitrogens with zero attached hydrogens (tertiary/aromatic N) is 1. The number of carbonyl (C=O) groups excluding carboxylic acids is 1. The second-order valence-corrected chi connectivity index (χ2v) is 7.50. The Bertz CT molecular complexity index is 1020. The highest BCUT2D eigenvalue weighted by Gasteiger charge is 2.08. The monoisotopic (exact) mass is 504 g/mol. The van der Waals surface area contributed by atoms with Crippen molar-refractivity contribution in [2.24, 2.45) is 5.10 Å². The van der Waals surface area contributed by atoms with Crippen LogP contribution in [0, 0.1) is 0 Å². The van der Waals surface area contributed by atoms with Gasteiger partial charge in [0, 0.05) is 10.0 Å². The van der Waals surface area contributed by atoms with Crippen LogP contribution in [0.4, 0.5) is 0 Å². The Kier molecular flexibility index (Phi) is 7.06. The number of fused-ring (bicyclic) bond motifs is 1. The molecule has 0 bridgehead atoms. The van der Waals surface area contributed by atoms with Gasteiger partial charge in [-0.25, -0.2) is 5.43 Å². The van der Waals surface area contributed by atoms with Gasteiger partial charge >= 0.3 is 0 Å². The number of hydrazone groups is 1. The number of halogens is 2. The minimum atomic E-state index is -0.357. The lowest BCUT2D eigenvalue weighted by Crippen LogP contribution is -2.24. The lowest BCUT2D eigenvalue weighted by atomic mass is 10.1. The van der Waals surface area contributed by atoms with Gasteiger partial charge in [0.1, 0.15) is 11.5 Å². The summed E-state index contributed by atoms with van der Waals surface area (Å²) in [5.41, 5.74) is 3.23. The fourth-order valence-corrected chi connectivity index (χ4v) is 3.57. The maximum Gasteiger partial charge on any atom is 0.277 e. The minimum Gasteiger partial charge on any atom is -0.493 e. The Labute approximate surface area is 180 Å². The smallest absolute Gasteiger partial charge is 0.277 e. The molecule has 28 heavy (non-hydrogen) atoms. The third kappa shape index (κ3) is 5.11. The van der Waals surface area contributed by atoms with E-state index < -0.39 is 0 Å². The zero-order valence-corrected chi connectivity index (χ0v) is 18.3. The minimum absolute atomic E-state index is 0.148. The van der Waals surface area contributed by atoms with Crippen LogP contribution in [-0.2, 0) is 4.79 Å². The third-order valence-electron chi connectivity index (χ3n) is 3.85. The molecule has 0 radical (unpaired) electrons. The first-order valence-corrected chi connectivity index (χ1v) is 10.2. The number of hydrogen-bond donors (Lipinski definition) is 1. The normalized spacial score (nSPS) is 11.0. The van der Waals surface area contributed by atoms with E-state index >= 15 is 0 Å². The van der Waals surface area contributed by atoms with Crippen LogP contribution < -0.4 is 14.9 Å². The van der Waals surface area contributed by atoms with Gasteiger partial charge in [-0.1, -0.05) is 46.3 Å². The quantitative estimate of drug-likeness (QED) is 0.350. The summed E-state index contributed by atoms with van der Waals surface area (Å²) >= 11 is 6.95. The first-order chi connectivity index (χ1) is 13.6. The Morgan fingerprint density at radius 3 is 2.68 bits per heavy atom. The van der Waals surface area contributed by atoms with Crippen molar-refractivity contribution in [2.75, 3.05) is 13.2 Å². The molecule has 144 valence electrons. The highest BCUT2D eigenvalue weighted by atomic mass is 79.9. The summed E-state index contributed by atoms with van der Waals surface area (Å²) in [5.74, 6) is 0.938. The standard InChI is InChI=1S/C21H18Br2N2O3/c1-2-27-18-10-8-16(22)11-15(18)12-24-25-20(26)13-28-19-9-7-14-5-3-4-6-17(14)21(19)23/h3-12H,2,13H2,1H3,(H,25,26). The largest absolute Gasteiger partial charge is 0.493 e. The lowest BCUT2D eigenvalue weighted by molar-refractivity contribution is -0.123. The third-order valence-corrected chi connectivity index (χ3v) is 5.16. The van der Waals surface area contributed by atoms with Crippen LogP contribution in [0.3, 0.4) is 0 Å². The molecule has 0 heterocycles. The van der Waals surface area contributed by atoms with E-state index in [1.165, 1.54) is 0 Å². The lowest BCUT2D eigenvalue weighted by Gasteiger charge is -2.10. The number of benzene rings is 3. The van der Waals surface area contributed by atoms with E-state index in [9.17, 15) is 4.79 Å². The molecule has 0 aromatic heterocycles. The number of nitrogens with one attached hydrogen (secondary N) is 1. The Balaban J connectivity index is 1.60. The van der Waals surface area contributed by atoms with Crippen molar-refractivity contribution >= 4 is 54.8 Å². The summed E-state index contributed by atoms with van der Waals surface area (Å²) in [6, 6.07) is 17.3. The number of amides is 1. The molecule has 0 aliphatic carbocycles. The predicted molar refractivity (Wildman–Crippen MR) is 118 cm³/mol. The summed E-state index contributed by atoms with van der Waals surface area (Å²) in [6.07, 6.45) is 1.54. The topological polar surface area (TPSA) is 59.9 Å². The first-order valence-electron chi connectivity index (χ1n) is 8.62. The van der Waals surface area contributed by atoms with Gasteiger partial charge in [-0.2, -0.15) is 5.10 Å². The van der Waals surface area contributed by atoms with Crippen molar-refractivity contribution in [1.29, 1.82) is 0 Å². The number of hydrogen-bond acceptors (Lipinski definition) is 4. The van der Waals surface area contributed by atoms with Gasteiger partial charge in [0.05, 0.1) is 17.3 Å². The van der Waals surface area contributed by atoms with Gasteiger partial charge in [0.25, 0.3) is 5.91 Å². The number of carbonyl (C=O) groups is 1. The molecule has 0 unspecified atom stereocenters. The maximum atomic E-state index is 12.1. The van der Waals surface area contributed by atoms with Crippen LogP contribution >= 0.6 is 31.9 Å². The van der Waals surface area contributed by atoms with E-state index in [0.717, 1.165) is 25.3 Å². The summed E-state index contributed by atoms with van der Waals surface area (Å²) < 4.78 is 12.9. The Morgan fingerprint density at radius 2 is 1.86 bits per heavy atom. The number of rotatable bonds is 7. The average molecular weight is 506 g/mol. The van der Waals surface area contributed by atoms with Crippen molar-refractivity contribution in [3.63, 3.8) is 0 Å². The summed E-state index contributed by atoms with van der Waals surface area (Å²) in [4.78, 5) is 12.1. The molecule has 0 saturated heterocycles. The molecular weight excluding hydrogens is 488 g/mol. The molecule has 1 N–H and O–H groups in total. The Morgan fingerprint density at radius 1 is 1.07 bits per heavy atom.